The van der Waals surface area contributed by atoms with Crippen LogP contribution in [0.1, 0.15) is 10.6 Å². The van der Waals surface area contributed by atoms with Gasteiger partial charge in [-0.3, -0.25) is 4.79 Å². The third kappa shape index (κ3) is 3.26. The maximum atomic E-state index is 12.8. The molecule has 0 fully saturated rings. The summed E-state index contributed by atoms with van der Waals surface area (Å²) < 4.78 is 2.25. The maximum absolute atomic E-state index is 12.8. The van der Waals surface area contributed by atoms with E-state index in [0.29, 0.717) is 22.1 Å². The normalized spacial score (nSPS) is 11.2. The van der Waals surface area contributed by atoms with Crippen LogP contribution < -0.4 is 5.56 Å². The lowest BCUT2D eigenvalue weighted by Gasteiger charge is -2.09. The molecule has 2 heterocycles. The Bertz CT molecular complexity index is 1150. The van der Waals surface area contributed by atoms with E-state index in [0.717, 1.165) is 26.5 Å². The first kappa shape index (κ1) is 17.2. The van der Waals surface area contributed by atoms with Gasteiger partial charge in [0, 0.05) is 15.6 Å². The van der Waals surface area contributed by atoms with Gasteiger partial charge >= 0.3 is 0 Å². The number of nitrogens with zero attached hydrogens (tertiary/aromatic N) is 3. The summed E-state index contributed by atoms with van der Waals surface area (Å²) in [5.74, 6) is 0. The Labute approximate surface area is 163 Å². The van der Waals surface area contributed by atoms with E-state index in [1.54, 1.807) is 12.1 Å². The molecule has 2 aromatic carbocycles. The van der Waals surface area contributed by atoms with Crippen LogP contribution in [0.3, 0.4) is 0 Å². The molecule has 0 spiro atoms. The molecule has 4 nitrogen and oxygen atoms in total. The topological polar surface area (TPSA) is 47.8 Å². The summed E-state index contributed by atoms with van der Waals surface area (Å²) in [7, 11) is 0. The van der Waals surface area contributed by atoms with Crippen molar-refractivity contribution in [3.05, 3.63) is 79.5 Å². The van der Waals surface area contributed by atoms with Crippen LogP contribution in [0.15, 0.2) is 53.3 Å². The highest BCUT2D eigenvalue weighted by atomic mass is 35.5. The first-order valence-corrected chi connectivity index (χ1v) is 9.47. The lowest BCUT2D eigenvalue weighted by Crippen LogP contribution is -2.24. The molecule has 0 saturated carbocycles. The van der Waals surface area contributed by atoms with Crippen molar-refractivity contribution in [3.8, 4) is 11.3 Å². The van der Waals surface area contributed by atoms with Crippen molar-refractivity contribution in [1.29, 1.82) is 0 Å². The van der Waals surface area contributed by atoms with E-state index in [-0.39, 0.29) is 5.56 Å². The van der Waals surface area contributed by atoms with Gasteiger partial charge in [0.1, 0.15) is 5.69 Å². The van der Waals surface area contributed by atoms with Crippen LogP contribution in [0.5, 0.6) is 0 Å². The van der Waals surface area contributed by atoms with Gasteiger partial charge < -0.3 is 0 Å². The Morgan fingerprint density at radius 2 is 1.62 bits per heavy atom. The highest BCUT2D eigenvalue weighted by molar-refractivity contribution is 7.19. The molecule has 0 aliphatic carbocycles. The van der Waals surface area contributed by atoms with Gasteiger partial charge in [-0.25, -0.2) is 9.67 Å². The molecule has 0 radical (unpaired) electrons. The molecule has 0 saturated heterocycles. The highest BCUT2D eigenvalue weighted by Gasteiger charge is 2.16. The Balaban J connectivity index is 1.90. The Morgan fingerprint density at radius 1 is 1.00 bits per heavy atom. The van der Waals surface area contributed by atoms with E-state index >= 15 is 0 Å². The van der Waals surface area contributed by atoms with Gasteiger partial charge in [-0.15, -0.1) is 11.3 Å². The molecule has 0 bridgehead atoms. The van der Waals surface area contributed by atoms with Crippen molar-refractivity contribution >= 4 is 44.8 Å². The summed E-state index contributed by atoms with van der Waals surface area (Å²) >= 11 is 13.4. The van der Waals surface area contributed by atoms with Gasteiger partial charge in [0.15, 0.2) is 5.52 Å². The fourth-order valence-electron chi connectivity index (χ4n) is 2.73. The van der Waals surface area contributed by atoms with Crippen molar-refractivity contribution < 1.29 is 0 Å². The largest absolute Gasteiger partial charge is 0.294 e. The smallest absolute Gasteiger partial charge is 0.265 e. The van der Waals surface area contributed by atoms with Crippen LogP contribution >= 0.6 is 34.5 Å². The summed E-state index contributed by atoms with van der Waals surface area (Å²) in [6.45, 7) is 2.24. The zero-order valence-electron chi connectivity index (χ0n) is 13.7. The van der Waals surface area contributed by atoms with E-state index < -0.39 is 0 Å². The van der Waals surface area contributed by atoms with E-state index in [4.69, 9.17) is 23.2 Å². The average molecular weight is 402 g/mol. The first-order chi connectivity index (χ1) is 12.5. The second-order valence-electron chi connectivity index (χ2n) is 5.86. The summed E-state index contributed by atoms with van der Waals surface area (Å²) in [4.78, 5) is 17.3. The second-order valence-corrected chi connectivity index (χ2v) is 7.93. The van der Waals surface area contributed by atoms with Gasteiger partial charge in [-0.05, 0) is 36.8 Å². The lowest BCUT2D eigenvalue weighted by molar-refractivity contribution is 0.650. The Hall–Kier alpha value is -2.21. The summed E-state index contributed by atoms with van der Waals surface area (Å²) in [6.07, 6.45) is 0. The molecule has 0 N–H and O–H groups in total. The van der Waals surface area contributed by atoms with Crippen LogP contribution in [0.25, 0.3) is 21.5 Å². The summed E-state index contributed by atoms with van der Waals surface area (Å²) in [6, 6.07) is 14.8. The van der Waals surface area contributed by atoms with Gasteiger partial charge in [-0.1, -0.05) is 47.5 Å². The number of fused-ring (bicyclic) bond motifs is 1. The molecule has 0 atom stereocenters. The molecule has 0 aliphatic rings. The van der Waals surface area contributed by atoms with Crippen molar-refractivity contribution in [3.63, 3.8) is 0 Å². The third-order valence-corrected chi connectivity index (χ3v) is 5.45. The number of rotatable bonds is 3. The van der Waals surface area contributed by atoms with E-state index in [9.17, 15) is 4.79 Å². The molecule has 4 rings (SSSR count). The predicted molar refractivity (Wildman–Crippen MR) is 107 cm³/mol. The molecule has 0 unspecified atom stereocenters. The number of hydrogen-bond donors (Lipinski definition) is 0. The molecule has 7 heteroatoms. The standard InChI is InChI=1S/C19H13Cl2N3OS/c1-11-22-17-18(26-11)16(13-4-8-15(21)9-5-13)23-24(19(17)25)10-12-2-6-14(20)7-3-12/h2-9H,10H2,1H3. The van der Waals surface area contributed by atoms with Crippen LogP contribution in [-0.4, -0.2) is 14.8 Å². The van der Waals surface area contributed by atoms with Crippen LogP contribution in [0.4, 0.5) is 0 Å². The van der Waals surface area contributed by atoms with Gasteiger partial charge in [0.2, 0.25) is 0 Å². The van der Waals surface area contributed by atoms with Crippen LogP contribution in [-0.2, 0) is 6.54 Å². The van der Waals surface area contributed by atoms with Gasteiger partial charge in [-0.2, -0.15) is 5.10 Å². The molecule has 2 aromatic heterocycles. The quantitative estimate of drug-likeness (QED) is 0.474. The number of aryl methyl sites for hydroxylation is 1. The molecule has 4 aromatic rings. The monoisotopic (exact) mass is 401 g/mol. The van der Waals surface area contributed by atoms with Crippen molar-refractivity contribution in [2.45, 2.75) is 13.5 Å². The predicted octanol–water partition coefficient (Wildman–Crippen LogP) is 5.18. The van der Waals surface area contributed by atoms with Crippen LogP contribution in [0.2, 0.25) is 10.0 Å². The van der Waals surface area contributed by atoms with Gasteiger partial charge in [0.25, 0.3) is 5.56 Å². The number of aromatic nitrogens is 3. The zero-order valence-corrected chi connectivity index (χ0v) is 16.1. The zero-order chi connectivity index (χ0) is 18.3. The maximum Gasteiger partial charge on any atom is 0.294 e. The molecular formula is C19H13Cl2N3OS. The fourth-order valence-corrected chi connectivity index (χ4v) is 3.90. The minimum Gasteiger partial charge on any atom is -0.265 e. The second kappa shape index (κ2) is 6.83. The van der Waals surface area contributed by atoms with E-state index in [1.807, 2.05) is 43.3 Å². The average Bonchev–Trinajstić information content (AvgIpc) is 3.02. The SMILES string of the molecule is Cc1nc2c(=O)n(Cc3ccc(Cl)cc3)nc(-c3ccc(Cl)cc3)c2s1. The third-order valence-electron chi connectivity index (χ3n) is 3.97. The molecule has 0 aliphatic heterocycles. The fraction of sp³-hybridized carbons (Fsp3) is 0.105. The minimum atomic E-state index is -0.197. The van der Waals surface area contributed by atoms with Crippen molar-refractivity contribution in [2.24, 2.45) is 0 Å². The molecule has 26 heavy (non-hydrogen) atoms. The Kier molecular flexibility index (Phi) is 4.53. The summed E-state index contributed by atoms with van der Waals surface area (Å²) in [5, 5.41) is 6.77. The number of thiazole rings is 1. The minimum absolute atomic E-state index is 0.197. The van der Waals surface area contributed by atoms with Crippen molar-refractivity contribution in [1.82, 2.24) is 14.8 Å². The van der Waals surface area contributed by atoms with E-state index in [2.05, 4.69) is 10.1 Å². The Morgan fingerprint density at radius 3 is 2.27 bits per heavy atom. The van der Waals surface area contributed by atoms with E-state index in [1.165, 1.54) is 16.0 Å². The number of benzene rings is 2. The first-order valence-electron chi connectivity index (χ1n) is 7.90. The van der Waals surface area contributed by atoms with Gasteiger partial charge in [0.05, 0.1) is 16.3 Å². The molecule has 130 valence electrons. The number of halogens is 2. The lowest BCUT2D eigenvalue weighted by atomic mass is 10.1. The molecular weight excluding hydrogens is 389 g/mol. The van der Waals surface area contributed by atoms with Crippen molar-refractivity contribution in [2.75, 3.05) is 0 Å². The number of hydrogen-bond acceptors (Lipinski definition) is 4. The summed E-state index contributed by atoms with van der Waals surface area (Å²) in [5.41, 5.74) is 2.82. The highest BCUT2D eigenvalue weighted by Crippen LogP contribution is 2.30. The van der Waals surface area contributed by atoms with Crippen LogP contribution in [0, 0.1) is 6.92 Å². The molecule has 0 amide bonds.